The van der Waals surface area contributed by atoms with Gasteiger partial charge in [-0.05, 0) is 12.5 Å². The average molecular weight is 250 g/mol. The fourth-order valence-electron chi connectivity index (χ4n) is 1.33. The van der Waals surface area contributed by atoms with Crippen LogP contribution >= 0.6 is 0 Å². The molecule has 0 radical (unpaired) electrons. The summed E-state index contributed by atoms with van der Waals surface area (Å²) in [5.74, 6) is -0.389. The summed E-state index contributed by atoms with van der Waals surface area (Å²) >= 11 is 0. The first-order chi connectivity index (χ1) is 8.65. The number of hydrogen-bond acceptors (Lipinski definition) is 4. The molecule has 1 rings (SSSR count). The van der Waals surface area contributed by atoms with Gasteiger partial charge in [-0.2, -0.15) is 0 Å². The first kappa shape index (κ1) is 14.0. The van der Waals surface area contributed by atoms with Gasteiger partial charge in [0, 0.05) is 37.6 Å². The van der Waals surface area contributed by atoms with Gasteiger partial charge in [-0.15, -0.1) is 0 Å². The lowest BCUT2D eigenvalue weighted by Gasteiger charge is -2.07. The van der Waals surface area contributed by atoms with Gasteiger partial charge in [-0.3, -0.25) is 14.6 Å². The number of nitrogens with two attached hydrogens (primary N) is 1. The van der Waals surface area contributed by atoms with E-state index in [1.807, 2.05) is 6.92 Å². The topological polar surface area (TPSA) is 97.1 Å². The van der Waals surface area contributed by atoms with E-state index in [9.17, 15) is 9.59 Å². The van der Waals surface area contributed by atoms with Gasteiger partial charge in [0.25, 0.3) is 5.91 Å². The van der Waals surface area contributed by atoms with Crippen molar-refractivity contribution in [2.24, 2.45) is 0 Å². The van der Waals surface area contributed by atoms with Crippen molar-refractivity contribution in [1.29, 1.82) is 0 Å². The molecule has 4 N–H and O–H groups in total. The van der Waals surface area contributed by atoms with E-state index in [1.54, 1.807) is 6.07 Å². The highest BCUT2D eigenvalue weighted by Gasteiger charge is 2.09. The maximum Gasteiger partial charge on any atom is 0.254 e. The number of nitrogens with one attached hydrogen (secondary N) is 2. The van der Waals surface area contributed by atoms with Gasteiger partial charge in [-0.1, -0.05) is 6.92 Å². The number of nitrogen functional groups attached to an aromatic ring is 1. The molecule has 0 spiro atoms. The SMILES string of the molecule is CCCNC(=O)CCNC(=O)c1cnccc1N. The van der Waals surface area contributed by atoms with Gasteiger partial charge in [0.2, 0.25) is 5.91 Å². The monoisotopic (exact) mass is 250 g/mol. The van der Waals surface area contributed by atoms with Crippen LogP contribution in [0.15, 0.2) is 18.5 Å². The minimum atomic E-state index is -0.316. The lowest BCUT2D eigenvalue weighted by Crippen LogP contribution is -2.31. The quantitative estimate of drug-likeness (QED) is 0.677. The van der Waals surface area contributed by atoms with Crippen molar-refractivity contribution in [2.75, 3.05) is 18.8 Å². The highest BCUT2D eigenvalue weighted by atomic mass is 16.2. The Balaban J connectivity index is 2.34. The molecule has 2 amide bonds. The predicted molar refractivity (Wildman–Crippen MR) is 68.9 cm³/mol. The molecule has 18 heavy (non-hydrogen) atoms. The van der Waals surface area contributed by atoms with Crippen molar-refractivity contribution < 1.29 is 9.59 Å². The molecule has 6 heteroatoms. The van der Waals surface area contributed by atoms with Gasteiger partial charge in [0.1, 0.15) is 0 Å². The normalized spacial score (nSPS) is 9.83. The molecule has 1 aromatic heterocycles. The molecule has 98 valence electrons. The molecule has 0 aliphatic heterocycles. The lowest BCUT2D eigenvalue weighted by molar-refractivity contribution is -0.120. The second-order valence-electron chi connectivity index (χ2n) is 3.82. The van der Waals surface area contributed by atoms with Crippen LogP contribution in [-0.2, 0) is 4.79 Å². The minimum absolute atomic E-state index is 0.0729. The third-order valence-electron chi connectivity index (χ3n) is 2.31. The Morgan fingerprint density at radius 3 is 2.78 bits per heavy atom. The van der Waals surface area contributed by atoms with Crippen molar-refractivity contribution in [2.45, 2.75) is 19.8 Å². The number of carbonyl (C=O) groups is 2. The number of rotatable bonds is 6. The number of hydrogen-bond donors (Lipinski definition) is 3. The molecular weight excluding hydrogens is 232 g/mol. The molecule has 1 aromatic rings. The molecule has 1 heterocycles. The molecule has 6 nitrogen and oxygen atoms in total. The fourth-order valence-corrected chi connectivity index (χ4v) is 1.33. The number of nitrogens with zero attached hydrogens (tertiary/aromatic N) is 1. The summed E-state index contributed by atoms with van der Waals surface area (Å²) in [5, 5.41) is 5.36. The Labute approximate surface area is 106 Å². The first-order valence-corrected chi connectivity index (χ1v) is 5.89. The molecule has 0 saturated carbocycles. The highest BCUT2D eigenvalue weighted by Crippen LogP contribution is 2.07. The van der Waals surface area contributed by atoms with Gasteiger partial charge in [0.05, 0.1) is 5.56 Å². The van der Waals surface area contributed by atoms with E-state index in [4.69, 9.17) is 5.73 Å². The summed E-state index contributed by atoms with van der Waals surface area (Å²) in [6.45, 7) is 2.91. The van der Waals surface area contributed by atoms with Crippen molar-refractivity contribution in [3.8, 4) is 0 Å². The largest absolute Gasteiger partial charge is 0.398 e. The maximum atomic E-state index is 11.7. The smallest absolute Gasteiger partial charge is 0.254 e. The Morgan fingerprint density at radius 1 is 1.33 bits per heavy atom. The lowest BCUT2D eigenvalue weighted by atomic mass is 10.2. The maximum absolute atomic E-state index is 11.7. The van der Waals surface area contributed by atoms with Crippen LogP contribution in [0.2, 0.25) is 0 Å². The van der Waals surface area contributed by atoms with Crippen LogP contribution in [0.25, 0.3) is 0 Å². The third-order valence-corrected chi connectivity index (χ3v) is 2.31. The van der Waals surface area contributed by atoms with E-state index < -0.39 is 0 Å². The van der Waals surface area contributed by atoms with Crippen molar-refractivity contribution in [3.05, 3.63) is 24.0 Å². The number of aromatic nitrogens is 1. The first-order valence-electron chi connectivity index (χ1n) is 5.89. The average Bonchev–Trinajstić information content (AvgIpc) is 2.36. The Hall–Kier alpha value is -2.11. The zero-order valence-corrected chi connectivity index (χ0v) is 10.4. The minimum Gasteiger partial charge on any atom is -0.398 e. The molecule has 0 fully saturated rings. The molecule has 0 saturated heterocycles. The summed E-state index contributed by atoms with van der Waals surface area (Å²) in [4.78, 5) is 26.8. The molecular formula is C12H18N4O2. The van der Waals surface area contributed by atoms with Crippen LogP contribution in [0.4, 0.5) is 5.69 Å². The molecule has 0 aromatic carbocycles. The predicted octanol–water partition coefficient (Wildman–Crippen LogP) is 0.310. The van der Waals surface area contributed by atoms with E-state index in [2.05, 4.69) is 15.6 Å². The highest BCUT2D eigenvalue weighted by molar-refractivity contribution is 5.98. The zero-order chi connectivity index (χ0) is 13.4. The van der Waals surface area contributed by atoms with Gasteiger partial charge in [0.15, 0.2) is 0 Å². The number of pyridine rings is 1. The van der Waals surface area contributed by atoms with Crippen LogP contribution < -0.4 is 16.4 Å². The second kappa shape index (κ2) is 7.26. The summed E-state index contributed by atoms with van der Waals surface area (Å²) in [7, 11) is 0. The summed E-state index contributed by atoms with van der Waals surface area (Å²) < 4.78 is 0. The van der Waals surface area contributed by atoms with Crippen LogP contribution in [0.1, 0.15) is 30.1 Å². The molecule has 0 aliphatic carbocycles. The summed E-state index contributed by atoms with van der Waals surface area (Å²) in [6.07, 6.45) is 4.07. The zero-order valence-electron chi connectivity index (χ0n) is 10.4. The second-order valence-corrected chi connectivity index (χ2v) is 3.82. The molecule has 0 atom stereocenters. The van der Waals surface area contributed by atoms with Crippen molar-refractivity contribution in [1.82, 2.24) is 15.6 Å². The van der Waals surface area contributed by atoms with Crippen LogP contribution in [-0.4, -0.2) is 29.9 Å². The number of anilines is 1. The fraction of sp³-hybridized carbons (Fsp3) is 0.417. The van der Waals surface area contributed by atoms with Crippen LogP contribution in [0.5, 0.6) is 0 Å². The van der Waals surface area contributed by atoms with Crippen LogP contribution in [0, 0.1) is 0 Å². The molecule has 0 aliphatic rings. The molecule has 0 bridgehead atoms. The van der Waals surface area contributed by atoms with E-state index in [0.29, 0.717) is 17.8 Å². The van der Waals surface area contributed by atoms with Crippen LogP contribution in [0.3, 0.4) is 0 Å². The Morgan fingerprint density at radius 2 is 2.11 bits per heavy atom. The van der Waals surface area contributed by atoms with E-state index in [0.717, 1.165) is 6.42 Å². The van der Waals surface area contributed by atoms with E-state index >= 15 is 0 Å². The van der Waals surface area contributed by atoms with E-state index in [-0.39, 0.29) is 24.8 Å². The summed E-state index contributed by atoms with van der Waals surface area (Å²) in [6, 6.07) is 1.56. The van der Waals surface area contributed by atoms with E-state index in [1.165, 1.54) is 12.4 Å². The number of carbonyl (C=O) groups excluding carboxylic acids is 2. The number of amides is 2. The molecule has 0 unspecified atom stereocenters. The van der Waals surface area contributed by atoms with Gasteiger partial charge < -0.3 is 16.4 Å². The van der Waals surface area contributed by atoms with Gasteiger partial charge in [-0.25, -0.2) is 0 Å². The van der Waals surface area contributed by atoms with Crippen molar-refractivity contribution in [3.63, 3.8) is 0 Å². The summed E-state index contributed by atoms with van der Waals surface area (Å²) in [5.41, 5.74) is 6.34. The van der Waals surface area contributed by atoms with Gasteiger partial charge >= 0.3 is 0 Å². The Bertz CT molecular complexity index is 420. The Kier molecular flexibility index (Phi) is 5.63. The van der Waals surface area contributed by atoms with Crippen molar-refractivity contribution >= 4 is 17.5 Å². The third kappa shape index (κ3) is 4.40. The standard InChI is InChI=1S/C12H18N4O2/c1-2-5-15-11(17)4-7-16-12(18)9-8-14-6-3-10(9)13/h3,6,8H,2,4-5,7H2,1H3,(H2,13,14)(H,15,17)(H,16,18).